The van der Waals surface area contributed by atoms with Crippen molar-refractivity contribution >= 4 is 45.2 Å². The zero-order chi connectivity index (χ0) is 15.0. The molecule has 1 N–H and O–H groups in total. The third kappa shape index (κ3) is 2.84. The molecule has 21 heavy (non-hydrogen) atoms. The minimum absolute atomic E-state index is 0.199. The number of anilines is 1. The summed E-state index contributed by atoms with van der Waals surface area (Å²) in [4.78, 5) is 14.0. The van der Waals surface area contributed by atoms with E-state index in [2.05, 4.69) is 18.3 Å². The fourth-order valence-electron chi connectivity index (χ4n) is 2.56. The molecular formula is C15H13ClN2OS2. The Kier molecular flexibility index (Phi) is 4.03. The van der Waals surface area contributed by atoms with Crippen LogP contribution in [-0.4, -0.2) is 5.91 Å². The lowest BCUT2D eigenvalue weighted by molar-refractivity contribution is 0.103. The van der Waals surface area contributed by atoms with Gasteiger partial charge in [0.15, 0.2) is 0 Å². The maximum absolute atomic E-state index is 12.2. The summed E-state index contributed by atoms with van der Waals surface area (Å²) in [5, 5.41) is 12.9. The van der Waals surface area contributed by atoms with Gasteiger partial charge in [-0.2, -0.15) is 5.26 Å². The van der Waals surface area contributed by atoms with Crippen molar-refractivity contribution in [2.75, 3.05) is 5.32 Å². The lowest BCUT2D eigenvalue weighted by atomic mass is 9.89. The first-order chi connectivity index (χ1) is 10.1. The van der Waals surface area contributed by atoms with E-state index in [1.807, 2.05) is 0 Å². The molecule has 1 unspecified atom stereocenters. The maximum Gasteiger partial charge on any atom is 0.266 e. The number of fused-ring (bicyclic) bond motifs is 1. The number of nitrogens with one attached hydrogen (secondary N) is 1. The molecule has 0 fully saturated rings. The quantitative estimate of drug-likeness (QED) is 0.863. The second-order valence-corrected chi connectivity index (χ2v) is 8.05. The van der Waals surface area contributed by atoms with Crippen molar-refractivity contribution in [1.82, 2.24) is 0 Å². The fraction of sp³-hybridized carbons (Fsp3) is 0.333. The number of nitrogens with zero attached hydrogens (tertiary/aromatic N) is 1. The van der Waals surface area contributed by atoms with Crippen LogP contribution < -0.4 is 5.32 Å². The highest BCUT2D eigenvalue weighted by atomic mass is 35.5. The van der Waals surface area contributed by atoms with Gasteiger partial charge in [0.25, 0.3) is 5.91 Å². The molecule has 1 amide bonds. The van der Waals surface area contributed by atoms with Crippen LogP contribution in [0.25, 0.3) is 0 Å². The Morgan fingerprint density at radius 3 is 2.95 bits per heavy atom. The van der Waals surface area contributed by atoms with Gasteiger partial charge in [-0.1, -0.05) is 18.5 Å². The Bertz CT molecular complexity index is 741. The topological polar surface area (TPSA) is 52.9 Å². The third-order valence-corrected chi connectivity index (χ3v) is 6.05. The van der Waals surface area contributed by atoms with Crippen molar-refractivity contribution in [1.29, 1.82) is 5.26 Å². The van der Waals surface area contributed by atoms with Crippen LogP contribution in [0, 0.1) is 17.2 Å². The largest absolute Gasteiger partial charge is 0.312 e. The van der Waals surface area contributed by atoms with E-state index >= 15 is 0 Å². The maximum atomic E-state index is 12.2. The Labute approximate surface area is 136 Å². The molecule has 2 heterocycles. The summed E-state index contributed by atoms with van der Waals surface area (Å²) in [6.07, 6.45) is 3.03. The van der Waals surface area contributed by atoms with Crippen molar-refractivity contribution in [3.63, 3.8) is 0 Å². The number of nitriles is 1. The zero-order valence-electron chi connectivity index (χ0n) is 11.4. The molecule has 2 aromatic heterocycles. The summed E-state index contributed by atoms with van der Waals surface area (Å²) in [6.45, 7) is 2.22. The molecule has 1 aliphatic rings. The number of amides is 1. The highest BCUT2D eigenvalue weighted by Gasteiger charge is 2.25. The lowest BCUT2D eigenvalue weighted by Gasteiger charge is -2.17. The average Bonchev–Trinajstić information content (AvgIpc) is 3.01. The molecule has 0 spiro atoms. The molecule has 3 rings (SSSR count). The number of hydrogen-bond donors (Lipinski definition) is 1. The lowest BCUT2D eigenvalue weighted by Crippen LogP contribution is -2.10. The van der Waals surface area contributed by atoms with Crippen LogP contribution in [0.5, 0.6) is 0 Å². The highest BCUT2D eigenvalue weighted by molar-refractivity contribution is 7.18. The Morgan fingerprint density at radius 2 is 2.29 bits per heavy atom. The predicted molar refractivity (Wildman–Crippen MR) is 87.5 cm³/mol. The van der Waals surface area contributed by atoms with Gasteiger partial charge in [-0.15, -0.1) is 22.7 Å². The minimum Gasteiger partial charge on any atom is -0.312 e. The molecule has 1 aliphatic carbocycles. The van der Waals surface area contributed by atoms with Gasteiger partial charge < -0.3 is 5.32 Å². The van der Waals surface area contributed by atoms with Gasteiger partial charge in [0, 0.05) is 4.88 Å². The van der Waals surface area contributed by atoms with E-state index in [0.717, 1.165) is 24.8 Å². The van der Waals surface area contributed by atoms with Gasteiger partial charge in [-0.3, -0.25) is 4.79 Å². The van der Waals surface area contributed by atoms with Crippen LogP contribution in [0.3, 0.4) is 0 Å². The van der Waals surface area contributed by atoms with E-state index in [9.17, 15) is 10.1 Å². The number of halogens is 1. The standard InChI is InChI=1S/C15H13ClN2OS2/c1-8-2-3-9-10(7-17)15(21-12(9)6-8)18-14(19)11-4-5-13(16)20-11/h4-5,8H,2-3,6H2,1H3,(H,18,19). The number of carbonyl (C=O) groups excluding carboxylic acids is 1. The molecule has 0 bridgehead atoms. The molecule has 6 heteroatoms. The van der Waals surface area contributed by atoms with Crippen LogP contribution in [0.4, 0.5) is 5.00 Å². The second kappa shape index (κ2) is 5.80. The van der Waals surface area contributed by atoms with Crippen LogP contribution in [-0.2, 0) is 12.8 Å². The predicted octanol–water partition coefficient (Wildman–Crippen LogP) is 4.71. The monoisotopic (exact) mass is 336 g/mol. The average molecular weight is 337 g/mol. The van der Waals surface area contributed by atoms with Crippen LogP contribution in [0.2, 0.25) is 4.34 Å². The molecule has 2 aromatic rings. The highest BCUT2D eigenvalue weighted by Crippen LogP contribution is 2.39. The summed E-state index contributed by atoms with van der Waals surface area (Å²) in [5.41, 5.74) is 1.76. The fourth-order valence-corrected chi connectivity index (χ4v) is 4.85. The molecule has 0 saturated carbocycles. The van der Waals surface area contributed by atoms with Gasteiger partial charge in [0.1, 0.15) is 11.1 Å². The van der Waals surface area contributed by atoms with E-state index in [4.69, 9.17) is 11.6 Å². The molecule has 0 radical (unpaired) electrons. The Balaban J connectivity index is 1.89. The summed E-state index contributed by atoms with van der Waals surface area (Å²) in [7, 11) is 0. The second-order valence-electron chi connectivity index (χ2n) is 5.23. The number of rotatable bonds is 2. The van der Waals surface area contributed by atoms with Crippen molar-refractivity contribution in [3.05, 3.63) is 37.4 Å². The van der Waals surface area contributed by atoms with Gasteiger partial charge in [-0.05, 0) is 42.9 Å². The third-order valence-electron chi connectivity index (χ3n) is 3.65. The van der Waals surface area contributed by atoms with Crippen molar-refractivity contribution in [2.24, 2.45) is 5.92 Å². The van der Waals surface area contributed by atoms with Crippen molar-refractivity contribution < 1.29 is 4.79 Å². The first kappa shape index (κ1) is 14.6. The summed E-state index contributed by atoms with van der Waals surface area (Å²) < 4.78 is 0.583. The molecule has 1 atom stereocenters. The van der Waals surface area contributed by atoms with Crippen LogP contribution in [0.15, 0.2) is 12.1 Å². The Morgan fingerprint density at radius 1 is 1.48 bits per heavy atom. The molecule has 108 valence electrons. The van der Waals surface area contributed by atoms with Crippen LogP contribution >= 0.6 is 34.3 Å². The first-order valence-corrected chi connectivity index (χ1v) is 8.71. The van der Waals surface area contributed by atoms with E-state index in [1.165, 1.54) is 27.6 Å². The van der Waals surface area contributed by atoms with Gasteiger partial charge in [0.2, 0.25) is 0 Å². The zero-order valence-corrected chi connectivity index (χ0v) is 13.8. The number of hydrogen-bond acceptors (Lipinski definition) is 4. The molecular weight excluding hydrogens is 324 g/mol. The summed E-state index contributed by atoms with van der Waals surface area (Å²) in [6, 6.07) is 5.65. The molecule has 0 aliphatic heterocycles. The minimum atomic E-state index is -0.199. The Hall–Kier alpha value is -1.35. The molecule has 3 nitrogen and oxygen atoms in total. The van der Waals surface area contributed by atoms with Crippen molar-refractivity contribution in [2.45, 2.75) is 26.2 Å². The van der Waals surface area contributed by atoms with Gasteiger partial charge in [0.05, 0.1) is 14.8 Å². The van der Waals surface area contributed by atoms with Crippen LogP contribution in [0.1, 0.15) is 39.0 Å². The van der Waals surface area contributed by atoms with E-state index < -0.39 is 0 Å². The summed E-state index contributed by atoms with van der Waals surface area (Å²) >= 11 is 8.63. The van der Waals surface area contributed by atoms with Crippen molar-refractivity contribution in [3.8, 4) is 6.07 Å². The summed E-state index contributed by atoms with van der Waals surface area (Å²) in [5.74, 6) is 0.442. The first-order valence-electron chi connectivity index (χ1n) is 6.69. The SMILES string of the molecule is CC1CCc2c(sc(NC(=O)c3ccc(Cl)s3)c2C#N)C1. The van der Waals surface area contributed by atoms with E-state index in [-0.39, 0.29) is 5.91 Å². The van der Waals surface area contributed by atoms with Gasteiger partial charge in [-0.25, -0.2) is 0 Å². The smallest absolute Gasteiger partial charge is 0.266 e. The number of carbonyl (C=O) groups is 1. The molecule has 0 saturated heterocycles. The van der Waals surface area contributed by atoms with Gasteiger partial charge >= 0.3 is 0 Å². The normalized spacial score (nSPS) is 17.1. The molecule has 0 aromatic carbocycles. The van der Waals surface area contributed by atoms with E-state index in [0.29, 0.717) is 25.7 Å². The number of thiophene rings is 2. The van der Waals surface area contributed by atoms with E-state index in [1.54, 1.807) is 12.1 Å².